The number of benzene rings is 1. The summed E-state index contributed by atoms with van der Waals surface area (Å²) in [6, 6.07) is 10.2. The number of halogens is 1. The van der Waals surface area contributed by atoms with Crippen molar-refractivity contribution >= 4 is 21.7 Å². The molecule has 0 saturated heterocycles. The van der Waals surface area contributed by atoms with Gasteiger partial charge in [-0.25, -0.2) is 4.98 Å². The van der Waals surface area contributed by atoms with Gasteiger partial charge in [0.1, 0.15) is 5.82 Å². The zero-order chi connectivity index (χ0) is 11.5. The second kappa shape index (κ2) is 4.66. The van der Waals surface area contributed by atoms with Crippen LogP contribution in [0.15, 0.2) is 41.0 Å². The van der Waals surface area contributed by atoms with Crippen LogP contribution in [0.1, 0.15) is 16.7 Å². The number of nitrogens with zero attached hydrogens (tertiary/aromatic N) is 1. The van der Waals surface area contributed by atoms with Gasteiger partial charge in [-0.05, 0) is 36.2 Å². The fourth-order valence-electron chi connectivity index (χ4n) is 1.69. The molecule has 0 fully saturated rings. The SMILES string of the molecule is Cc1ccnc(N)c1Cc1cccc(Br)c1. The Labute approximate surface area is 104 Å². The number of aromatic nitrogens is 1. The highest BCUT2D eigenvalue weighted by Gasteiger charge is 2.05. The van der Waals surface area contributed by atoms with Crippen molar-refractivity contribution in [1.29, 1.82) is 0 Å². The summed E-state index contributed by atoms with van der Waals surface area (Å²) in [7, 11) is 0. The van der Waals surface area contributed by atoms with E-state index in [1.54, 1.807) is 6.20 Å². The van der Waals surface area contributed by atoms with Crippen LogP contribution in [-0.2, 0) is 6.42 Å². The summed E-state index contributed by atoms with van der Waals surface area (Å²) < 4.78 is 1.09. The summed E-state index contributed by atoms with van der Waals surface area (Å²) in [5, 5.41) is 0. The minimum Gasteiger partial charge on any atom is -0.383 e. The fourth-order valence-corrected chi connectivity index (χ4v) is 2.14. The van der Waals surface area contributed by atoms with E-state index in [0.29, 0.717) is 5.82 Å². The van der Waals surface area contributed by atoms with Crippen molar-refractivity contribution in [2.24, 2.45) is 0 Å². The average Bonchev–Trinajstić information content (AvgIpc) is 2.24. The lowest BCUT2D eigenvalue weighted by atomic mass is 10.0. The van der Waals surface area contributed by atoms with Gasteiger partial charge < -0.3 is 5.73 Å². The quantitative estimate of drug-likeness (QED) is 0.914. The molecular weight excluding hydrogens is 264 g/mol. The van der Waals surface area contributed by atoms with Crippen molar-refractivity contribution in [3.8, 4) is 0 Å². The molecule has 0 aliphatic rings. The molecule has 16 heavy (non-hydrogen) atoms. The van der Waals surface area contributed by atoms with Crippen molar-refractivity contribution < 1.29 is 0 Å². The van der Waals surface area contributed by atoms with Crippen LogP contribution < -0.4 is 5.73 Å². The molecular formula is C13H13BrN2. The van der Waals surface area contributed by atoms with Gasteiger partial charge >= 0.3 is 0 Å². The largest absolute Gasteiger partial charge is 0.383 e. The highest BCUT2D eigenvalue weighted by molar-refractivity contribution is 9.10. The molecule has 2 N–H and O–H groups in total. The highest BCUT2D eigenvalue weighted by atomic mass is 79.9. The molecule has 1 aromatic heterocycles. The lowest BCUT2D eigenvalue weighted by Gasteiger charge is -2.08. The van der Waals surface area contributed by atoms with E-state index in [2.05, 4.69) is 40.0 Å². The Bertz CT molecular complexity index is 489. The van der Waals surface area contributed by atoms with E-state index in [4.69, 9.17) is 5.73 Å². The molecule has 0 amide bonds. The van der Waals surface area contributed by atoms with Crippen LogP contribution in [0.25, 0.3) is 0 Å². The Morgan fingerprint density at radius 2 is 2.12 bits per heavy atom. The van der Waals surface area contributed by atoms with Gasteiger partial charge in [0.2, 0.25) is 0 Å². The number of rotatable bonds is 2. The molecule has 1 heterocycles. The topological polar surface area (TPSA) is 38.9 Å². The molecule has 3 heteroatoms. The third-order valence-corrected chi connectivity index (χ3v) is 3.09. The summed E-state index contributed by atoms with van der Waals surface area (Å²) in [6.07, 6.45) is 2.57. The zero-order valence-corrected chi connectivity index (χ0v) is 10.7. The minimum absolute atomic E-state index is 0.625. The Balaban J connectivity index is 2.34. The minimum atomic E-state index is 0.625. The van der Waals surface area contributed by atoms with Crippen molar-refractivity contribution in [3.63, 3.8) is 0 Å². The van der Waals surface area contributed by atoms with Crippen molar-refractivity contribution in [1.82, 2.24) is 4.98 Å². The summed E-state index contributed by atoms with van der Waals surface area (Å²) >= 11 is 3.47. The number of aryl methyl sites for hydroxylation is 1. The van der Waals surface area contributed by atoms with Gasteiger partial charge in [-0.15, -0.1) is 0 Å². The number of anilines is 1. The molecule has 0 bridgehead atoms. The lowest BCUT2D eigenvalue weighted by Crippen LogP contribution is -2.01. The van der Waals surface area contributed by atoms with E-state index in [-0.39, 0.29) is 0 Å². The predicted molar refractivity (Wildman–Crippen MR) is 70.3 cm³/mol. The molecule has 0 radical (unpaired) electrons. The molecule has 0 saturated carbocycles. The molecule has 0 aliphatic carbocycles. The van der Waals surface area contributed by atoms with E-state index < -0.39 is 0 Å². The molecule has 2 nitrogen and oxygen atoms in total. The predicted octanol–water partition coefficient (Wildman–Crippen LogP) is 3.33. The van der Waals surface area contributed by atoms with E-state index in [9.17, 15) is 0 Å². The van der Waals surface area contributed by atoms with E-state index in [1.807, 2.05) is 18.2 Å². The van der Waals surface area contributed by atoms with Crippen LogP contribution in [0.2, 0.25) is 0 Å². The Kier molecular flexibility index (Phi) is 3.25. The number of pyridine rings is 1. The molecule has 0 atom stereocenters. The van der Waals surface area contributed by atoms with Gasteiger partial charge in [0.25, 0.3) is 0 Å². The summed E-state index contributed by atoms with van der Waals surface area (Å²) in [4.78, 5) is 4.12. The first-order valence-corrected chi connectivity index (χ1v) is 5.90. The smallest absolute Gasteiger partial charge is 0.127 e. The maximum atomic E-state index is 5.88. The van der Waals surface area contributed by atoms with Crippen LogP contribution in [0.5, 0.6) is 0 Å². The molecule has 2 rings (SSSR count). The number of hydrogen-bond acceptors (Lipinski definition) is 2. The van der Waals surface area contributed by atoms with Crippen molar-refractivity contribution in [2.75, 3.05) is 5.73 Å². The van der Waals surface area contributed by atoms with Gasteiger partial charge in [-0.3, -0.25) is 0 Å². The van der Waals surface area contributed by atoms with Crippen LogP contribution in [-0.4, -0.2) is 4.98 Å². The first kappa shape index (κ1) is 11.1. The molecule has 82 valence electrons. The average molecular weight is 277 g/mol. The van der Waals surface area contributed by atoms with E-state index in [1.165, 1.54) is 11.1 Å². The molecule has 0 aliphatic heterocycles. The summed E-state index contributed by atoms with van der Waals surface area (Å²) in [6.45, 7) is 2.06. The maximum absolute atomic E-state index is 5.88. The number of hydrogen-bond donors (Lipinski definition) is 1. The Morgan fingerprint density at radius 3 is 2.81 bits per heavy atom. The molecule has 0 unspecified atom stereocenters. The van der Waals surface area contributed by atoms with Crippen LogP contribution in [0.4, 0.5) is 5.82 Å². The first-order valence-electron chi connectivity index (χ1n) is 5.11. The summed E-state index contributed by atoms with van der Waals surface area (Å²) in [5.41, 5.74) is 9.42. The third kappa shape index (κ3) is 2.42. The first-order chi connectivity index (χ1) is 7.66. The van der Waals surface area contributed by atoms with Crippen LogP contribution in [0, 0.1) is 6.92 Å². The summed E-state index contributed by atoms with van der Waals surface area (Å²) in [5.74, 6) is 0.625. The highest BCUT2D eigenvalue weighted by Crippen LogP contribution is 2.20. The Hall–Kier alpha value is -1.35. The van der Waals surface area contributed by atoms with Crippen molar-refractivity contribution in [2.45, 2.75) is 13.3 Å². The fraction of sp³-hybridized carbons (Fsp3) is 0.154. The third-order valence-electron chi connectivity index (χ3n) is 2.59. The van der Waals surface area contributed by atoms with Gasteiger partial charge in [-0.2, -0.15) is 0 Å². The van der Waals surface area contributed by atoms with E-state index in [0.717, 1.165) is 16.5 Å². The maximum Gasteiger partial charge on any atom is 0.127 e. The monoisotopic (exact) mass is 276 g/mol. The second-order valence-electron chi connectivity index (χ2n) is 3.80. The van der Waals surface area contributed by atoms with Gasteiger partial charge in [0.05, 0.1) is 0 Å². The van der Waals surface area contributed by atoms with Gasteiger partial charge in [0, 0.05) is 22.7 Å². The van der Waals surface area contributed by atoms with Gasteiger partial charge in [0.15, 0.2) is 0 Å². The van der Waals surface area contributed by atoms with E-state index >= 15 is 0 Å². The number of nitrogens with two attached hydrogens (primary N) is 1. The Morgan fingerprint density at radius 1 is 1.31 bits per heavy atom. The standard InChI is InChI=1S/C13H13BrN2/c1-9-5-6-16-13(15)12(9)8-10-3-2-4-11(14)7-10/h2-7H,8H2,1H3,(H2,15,16). The van der Waals surface area contributed by atoms with Crippen LogP contribution in [0.3, 0.4) is 0 Å². The molecule has 0 spiro atoms. The molecule has 1 aromatic carbocycles. The number of nitrogen functional groups attached to an aromatic ring is 1. The normalized spacial score (nSPS) is 10.4. The zero-order valence-electron chi connectivity index (χ0n) is 9.07. The van der Waals surface area contributed by atoms with Crippen molar-refractivity contribution in [3.05, 3.63) is 57.7 Å². The second-order valence-corrected chi connectivity index (χ2v) is 4.71. The van der Waals surface area contributed by atoms with Gasteiger partial charge in [-0.1, -0.05) is 28.1 Å². The van der Waals surface area contributed by atoms with Crippen LogP contribution >= 0.6 is 15.9 Å². The lowest BCUT2D eigenvalue weighted by molar-refractivity contribution is 1.12. The molecule has 2 aromatic rings.